The fraction of sp³-hybridized carbons (Fsp3) is 0.0667. The van der Waals surface area contributed by atoms with Crippen LogP contribution in [0.4, 0.5) is 0 Å². The van der Waals surface area contributed by atoms with Crippen LogP contribution in [0, 0.1) is 0 Å². The molecule has 1 spiro atoms. The number of benzene rings is 2. The molecule has 0 saturated heterocycles. The van der Waals surface area contributed by atoms with Gasteiger partial charge in [-0.25, -0.2) is 4.99 Å². The summed E-state index contributed by atoms with van der Waals surface area (Å²) in [5, 5.41) is 0. The highest BCUT2D eigenvalue weighted by molar-refractivity contribution is 7.57. The Hall–Kier alpha value is -1.52. The van der Waals surface area contributed by atoms with Crippen molar-refractivity contribution in [1.29, 1.82) is 0 Å². The molecule has 0 aliphatic carbocycles. The van der Waals surface area contributed by atoms with Gasteiger partial charge in [0.2, 0.25) is 3.79 Å². The van der Waals surface area contributed by atoms with Crippen LogP contribution in [0.15, 0.2) is 69.1 Å². The van der Waals surface area contributed by atoms with Gasteiger partial charge in [-0.2, -0.15) is 9.51 Å². The number of hydrogen-bond acceptors (Lipinski definition) is 5. The molecule has 0 N–H and O–H groups in total. The maximum absolute atomic E-state index is 6.00. The summed E-state index contributed by atoms with van der Waals surface area (Å²) in [4.78, 5) is 4.28. The Morgan fingerprint density at radius 1 is 0.833 bits per heavy atom. The van der Waals surface area contributed by atoms with E-state index in [0.717, 1.165) is 5.56 Å². The van der Waals surface area contributed by atoms with E-state index >= 15 is 0 Å². The third kappa shape index (κ3) is 2.93. The van der Waals surface area contributed by atoms with Crippen LogP contribution in [0.3, 0.4) is 0 Å². The number of rotatable bonds is 1. The standard InChI is InChI=1S/C15H9Cl3N3O2P/c16-15(17,18)14-19-13(10-6-2-1-3-7-10)20-24(21-14)22-11-8-4-5-9-12(11)23-24/h1-9H. The van der Waals surface area contributed by atoms with Crippen molar-refractivity contribution >= 4 is 54.1 Å². The number of amidine groups is 2. The van der Waals surface area contributed by atoms with Gasteiger partial charge in [-0.1, -0.05) is 77.3 Å². The van der Waals surface area contributed by atoms with Crippen LogP contribution in [0.5, 0.6) is 11.5 Å². The lowest BCUT2D eigenvalue weighted by atomic mass is 10.2. The maximum Gasteiger partial charge on any atom is 0.453 e. The van der Waals surface area contributed by atoms with Crippen LogP contribution in [-0.2, 0) is 0 Å². The first-order valence-corrected chi connectivity index (χ1v) is 9.54. The average Bonchev–Trinajstić information content (AvgIpc) is 2.91. The Balaban J connectivity index is 1.87. The van der Waals surface area contributed by atoms with Crippen LogP contribution in [0.1, 0.15) is 5.56 Å². The van der Waals surface area contributed by atoms with Gasteiger partial charge in [0.1, 0.15) is 0 Å². The molecular weight excluding hydrogens is 392 g/mol. The third-order valence-corrected chi connectivity index (χ3v) is 5.48. The molecular formula is C15H9Cl3N3O2P. The minimum absolute atomic E-state index is 0.0116. The second kappa shape index (κ2) is 5.78. The number of aliphatic imine (C=N–C) groups is 1. The van der Waals surface area contributed by atoms with Gasteiger partial charge in [0.15, 0.2) is 23.2 Å². The molecule has 2 aromatic carbocycles. The smallest absolute Gasteiger partial charge is 0.409 e. The second-order valence-corrected chi connectivity index (χ2v) is 8.97. The number of nitrogens with zero attached hydrogens (tertiary/aromatic N) is 3. The van der Waals surface area contributed by atoms with E-state index in [1.165, 1.54) is 0 Å². The van der Waals surface area contributed by atoms with Crippen LogP contribution in [0.2, 0.25) is 0 Å². The molecule has 0 saturated carbocycles. The van der Waals surface area contributed by atoms with E-state index in [9.17, 15) is 0 Å². The number of fused-ring (bicyclic) bond motifs is 1. The van der Waals surface area contributed by atoms with Gasteiger partial charge in [0.05, 0.1) is 0 Å². The summed E-state index contributed by atoms with van der Waals surface area (Å²) >= 11 is 18.0. The van der Waals surface area contributed by atoms with E-state index in [1.807, 2.05) is 42.5 Å². The molecule has 2 aromatic rings. The third-order valence-electron chi connectivity index (χ3n) is 3.22. The number of alkyl halides is 3. The van der Waals surface area contributed by atoms with E-state index in [1.54, 1.807) is 12.1 Å². The van der Waals surface area contributed by atoms with Crippen molar-refractivity contribution in [2.24, 2.45) is 14.5 Å². The van der Waals surface area contributed by atoms with Gasteiger partial charge < -0.3 is 9.05 Å². The molecule has 0 aromatic heterocycles. The van der Waals surface area contributed by atoms with Crippen molar-refractivity contribution < 1.29 is 9.05 Å². The maximum atomic E-state index is 6.00. The summed E-state index contributed by atoms with van der Waals surface area (Å²) in [5.41, 5.74) is 0.752. The second-order valence-electron chi connectivity index (χ2n) is 4.94. The van der Waals surface area contributed by atoms with Crippen LogP contribution >= 0.6 is 42.5 Å². The van der Waals surface area contributed by atoms with Gasteiger partial charge in [0.25, 0.3) is 0 Å². The zero-order valence-corrected chi connectivity index (χ0v) is 15.1. The lowest BCUT2D eigenvalue weighted by Crippen LogP contribution is -2.22. The Kier molecular flexibility index (Phi) is 3.85. The zero-order chi connectivity index (χ0) is 16.8. The highest BCUT2D eigenvalue weighted by Gasteiger charge is 2.42. The van der Waals surface area contributed by atoms with Crippen molar-refractivity contribution in [2.45, 2.75) is 3.79 Å². The predicted molar refractivity (Wildman–Crippen MR) is 97.7 cm³/mol. The van der Waals surface area contributed by atoms with Crippen LogP contribution in [-0.4, -0.2) is 15.5 Å². The Morgan fingerprint density at radius 3 is 2.00 bits per heavy atom. The van der Waals surface area contributed by atoms with E-state index in [-0.39, 0.29) is 5.84 Å². The van der Waals surface area contributed by atoms with E-state index in [0.29, 0.717) is 17.3 Å². The molecule has 0 fully saturated rings. The summed E-state index contributed by atoms with van der Waals surface area (Å²) < 4.78 is 18.8. The highest BCUT2D eigenvalue weighted by Crippen LogP contribution is 2.63. The van der Waals surface area contributed by atoms with E-state index < -0.39 is 11.5 Å². The lowest BCUT2D eigenvalue weighted by molar-refractivity contribution is 0.558. The summed E-state index contributed by atoms with van der Waals surface area (Å²) in [6, 6.07) is 16.5. The lowest BCUT2D eigenvalue weighted by Gasteiger charge is -2.20. The Morgan fingerprint density at radius 2 is 1.42 bits per heavy atom. The van der Waals surface area contributed by atoms with E-state index in [4.69, 9.17) is 43.9 Å². The number of para-hydroxylation sites is 2. The molecule has 24 heavy (non-hydrogen) atoms. The summed E-state index contributed by atoms with van der Waals surface area (Å²) in [6.07, 6.45) is 0. The SMILES string of the molecule is ClC(Cl)(Cl)C1=NP2(=NC(c3ccccc3)=N1)Oc1ccccc1O2. The predicted octanol–water partition coefficient (Wildman–Crippen LogP) is 5.63. The molecule has 4 rings (SSSR count). The zero-order valence-electron chi connectivity index (χ0n) is 11.9. The van der Waals surface area contributed by atoms with Crippen molar-refractivity contribution in [3.8, 4) is 11.5 Å². The minimum atomic E-state index is -3.07. The molecule has 5 nitrogen and oxygen atoms in total. The molecule has 0 unspecified atom stereocenters. The Labute approximate surface area is 153 Å². The molecule has 2 aliphatic rings. The largest absolute Gasteiger partial charge is 0.453 e. The molecule has 0 amide bonds. The van der Waals surface area contributed by atoms with Gasteiger partial charge in [0, 0.05) is 5.56 Å². The fourth-order valence-corrected chi connectivity index (χ4v) is 4.52. The molecule has 0 radical (unpaired) electrons. The molecule has 122 valence electrons. The van der Waals surface area contributed by atoms with Crippen molar-refractivity contribution in [2.75, 3.05) is 0 Å². The first-order chi connectivity index (χ1) is 11.5. The monoisotopic (exact) mass is 399 g/mol. The number of hydrogen-bond donors (Lipinski definition) is 0. The molecule has 2 heterocycles. The summed E-state index contributed by atoms with van der Waals surface area (Å²) in [7, 11) is -3.07. The quantitative estimate of drug-likeness (QED) is 0.460. The average molecular weight is 401 g/mol. The van der Waals surface area contributed by atoms with Crippen LogP contribution in [0.25, 0.3) is 0 Å². The Bertz CT molecular complexity index is 894. The first-order valence-electron chi connectivity index (χ1n) is 6.87. The normalized spacial score (nSPS) is 18.0. The van der Waals surface area contributed by atoms with Gasteiger partial charge >= 0.3 is 7.66 Å². The van der Waals surface area contributed by atoms with Crippen molar-refractivity contribution in [3.05, 3.63) is 60.2 Å². The van der Waals surface area contributed by atoms with Gasteiger partial charge in [-0.3, -0.25) is 0 Å². The summed E-state index contributed by atoms with van der Waals surface area (Å²) in [5.74, 6) is 1.45. The van der Waals surface area contributed by atoms with Crippen LogP contribution < -0.4 is 9.05 Å². The first kappa shape index (κ1) is 16.0. The highest BCUT2D eigenvalue weighted by atomic mass is 35.6. The molecule has 0 bridgehead atoms. The topological polar surface area (TPSA) is 55.5 Å². The molecule has 2 aliphatic heterocycles. The van der Waals surface area contributed by atoms with Crippen molar-refractivity contribution in [1.82, 2.24) is 0 Å². The fourth-order valence-electron chi connectivity index (χ4n) is 2.19. The van der Waals surface area contributed by atoms with Gasteiger partial charge in [-0.15, -0.1) is 0 Å². The minimum Gasteiger partial charge on any atom is -0.409 e. The van der Waals surface area contributed by atoms with Crippen molar-refractivity contribution in [3.63, 3.8) is 0 Å². The number of halogens is 3. The van der Waals surface area contributed by atoms with E-state index in [2.05, 4.69) is 14.5 Å². The molecule has 0 atom stereocenters. The molecule has 9 heteroatoms. The summed E-state index contributed by atoms with van der Waals surface area (Å²) in [6.45, 7) is 0. The van der Waals surface area contributed by atoms with Gasteiger partial charge in [-0.05, 0) is 12.1 Å².